The Bertz CT molecular complexity index is 3450. The number of para-hydroxylation sites is 4. The molecule has 328 valence electrons. The average molecular weight is 871 g/mol. The van der Waals surface area contributed by atoms with Gasteiger partial charge in [0.15, 0.2) is 11.2 Å². The second-order valence-electron chi connectivity index (χ2n) is 20.7. The van der Waals surface area contributed by atoms with E-state index in [2.05, 4.69) is 235 Å². The van der Waals surface area contributed by atoms with E-state index in [0.29, 0.717) is 0 Å². The lowest BCUT2D eigenvalue weighted by Crippen LogP contribution is -2.13. The van der Waals surface area contributed by atoms with Crippen molar-refractivity contribution in [1.29, 1.82) is 0 Å². The van der Waals surface area contributed by atoms with Crippen molar-refractivity contribution in [2.75, 3.05) is 9.80 Å². The number of hydrogen-bond donors (Lipinski definition) is 0. The van der Waals surface area contributed by atoms with Gasteiger partial charge in [-0.3, -0.25) is 0 Å². The van der Waals surface area contributed by atoms with Crippen molar-refractivity contribution < 1.29 is 8.83 Å². The van der Waals surface area contributed by atoms with Gasteiger partial charge in [-0.25, -0.2) is 0 Å². The Morgan fingerprint density at radius 2 is 0.746 bits per heavy atom. The molecule has 0 amide bonds. The second-order valence-corrected chi connectivity index (χ2v) is 20.7. The topological polar surface area (TPSA) is 32.8 Å². The first-order valence-electron chi connectivity index (χ1n) is 23.6. The molecule has 4 heteroatoms. The first-order valence-corrected chi connectivity index (χ1v) is 23.6. The Hall–Kier alpha value is -7.56. The maximum Gasteiger partial charge on any atom is 0.159 e. The van der Waals surface area contributed by atoms with Gasteiger partial charge >= 0.3 is 0 Å². The second kappa shape index (κ2) is 15.0. The molecule has 0 aliphatic heterocycles. The van der Waals surface area contributed by atoms with Crippen LogP contribution in [-0.2, 0) is 17.3 Å². The third-order valence-corrected chi connectivity index (χ3v) is 14.1. The highest BCUT2D eigenvalue weighted by molar-refractivity contribution is 6.13. The molecule has 0 saturated carbocycles. The highest BCUT2D eigenvalue weighted by Gasteiger charge is 2.30. The summed E-state index contributed by atoms with van der Waals surface area (Å²) in [4.78, 5) is 4.83. The van der Waals surface area contributed by atoms with Crippen LogP contribution in [-0.4, -0.2) is 0 Å². The smallest absolute Gasteiger partial charge is 0.159 e. The highest BCUT2D eigenvalue weighted by atomic mass is 16.3. The van der Waals surface area contributed by atoms with E-state index in [-0.39, 0.29) is 10.8 Å². The van der Waals surface area contributed by atoms with Crippen molar-refractivity contribution in [3.63, 3.8) is 0 Å². The van der Waals surface area contributed by atoms with Crippen LogP contribution in [0.5, 0.6) is 0 Å². The lowest BCUT2D eigenvalue weighted by molar-refractivity contribution is 0.572. The lowest BCUT2D eigenvalue weighted by Gasteiger charge is -2.29. The number of hydrogen-bond acceptors (Lipinski definition) is 4. The average Bonchev–Trinajstić information content (AvgIpc) is 3.74. The number of nitrogens with zero attached hydrogens (tertiary/aromatic N) is 2. The van der Waals surface area contributed by atoms with Crippen molar-refractivity contribution in [2.45, 2.75) is 72.6 Å². The van der Waals surface area contributed by atoms with E-state index in [9.17, 15) is 0 Å². The van der Waals surface area contributed by atoms with Crippen LogP contribution in [0.25, 0.3) is 68.2 Å². The molecule has 2 aromatic heterocycles. The minimum absolute atomic E-state index is 0.0796. The van der Waals surface area contributed by atoms with Gasteiger partial charge in [0.05, 0.1) is 22.7 Å². The molecule has 8 aromatic carbocycles. The Morgan fingerprint density at radius 3 is 1.13 bits per heavy atom. The van der Waals surface area contributed by atoms with Gasteiger partial charge < -0.3 is 18.6 Å². The van der Waals surface area contributed by atoms with E-state index in [0.717, 1.165) is 84.4 Å². The zero-order chi connectivity index (χ0) is 45.9. The minimum Gasteiger partial charge on any atom is -0.454 e. The molecule has 2 heterocycles. The molecule has 0 fully saturated rings. The number of rotatable bonds is 6. The molecule has 0 saturated heterocycles. The molecule has 4 nitrogen and oxygen atoms in total. The van der Waals surface area contributed by atoms with Gasteiger partial charge in [0.25, 0.3) is 0 Å². The maximum atomic E-state index is 7.06. The van der Waals surface area contributed by atoms with Gasteiger partial charge in [0, 0.05) is 55.2 Å². The predicted molar refractivity (Wildman–Crippen MR) is 284 cm³/mol. The van der Waals surface area contributed by atoms with E-state index >= 15 is 0 Å². The van der Waals surface area contributed by atoms with Crippen LogP contribution in [0.15, 0.2) is 154 Å². The van der Waals surface area contributed by atoms with Gasteiger partial charge in [-0.2, -0.15) is 0 Å². The number of aryl methyl sites for hydroxylation is 2. The van der Waals surface area contributed by atoms with Crippen LogP contribution in [0.3, 0.4) is 0 Å². The van der Waals surface area contributed by atoms with Gasteiger partial charge in [-0.05, 0) is 102 Å². The fourth-order valence-electron chi connectivity index (χ4n) is 10.7. The first kappa shape index (κ1) is 40.9. The molecule has 2 aliphatic carbocycles. The summed E-state index contributed by atoms with van der Waals surface area (Å²) in [5, 5.41) is 4.52. The summed E-state index contributed by atoms with van der Waals surface area (Å²) in [6, 6.07) is 53.3. The molecule has 0 atom stereocenters. The van der Waals surface area contributed by atoms with E-state index < -0.39 is 0 Å². The van der Waals surface area contributed by atoms with Gasteiger partial charge in [0.1, 0.15) is 11.2 Å². The zero-order valence-corrected chi connectivity index (χ0v) is 39.6. The first-order chi connectivity index (χ1) is 32.3. The normalized spacial score (nSPS) is 13.2. The third kappa shape index (κ3) is 6.56. The Labute approximate surface area is 393 Å². The van der Waals surface area contributed by atoms with Crippen molar-refractivity contribution >= 4 is 102 Å². The number of benzene rings is 8. The highest BCUT2D eigenvalue weighted by Crippen LogP contribution is 2.50. The number of fused-ring (bicyclic) bond motifs is 6. The Kier molecular flexibility index (Phi) is 9.15. The molecular formula is C63H54N2O2. The van der Waals surface area contributed by atoms with Crippen LogP contribution < -0.4 is 9.80 Å². The molecule has 12 rings (SSSR count). The fourth-order valence-corrected chi connectivity index (χ4v) is 10.7. The SMILES string of the molecule is Cc1ccc(N(c2ccc3c4c2C=Cc2ccc(N(c5ccc(C)cc5)c5cccc6c5oc5c(C(C)(C)C)cccc56)c(c2C4)C=C3)c2cccc3c2oc2c(C(C)(C)C)cccc23)cc1. The van der Waals surface area contributed by atoms with Crippen LogP contribution >= 0.6 is 0 Å². The molecule has 10 aromatic rings. The maximum absolute atomic E-state index is 7.06. The van der Waals surface area contributed by atoms with Gasteiger partial charge in [-0.15, -0.1) is 0 Å². The van der Waals surface area contributed by atoms with Gasteiger partial charge in [0.2, 0.25) is 0 Å². The van der Waals surface area contributed by atoms with E-state index in [1.807, 2.05) is 0 Å². The van der Waals surface area contributed by atoms with Crippen molar-refractivity contribution in [1.82, 2.24) is 0 Å². The molecule has 2 bridgehead atoms. The van der Waals surface area contributed by atoms with Crippen LogP contribution in [0, 0.1) is 13.8 Å². The third-order valence-electron chi connectivity index (χ3n) is 14.1. The molecule has 0 spiro atoms. The van der Waals surface area contributed by atoms with Crippen LogP contribution in [0.4, 0.5) is 34.1 Å². The molecule has 0 unspecified atom stereocenters. The lowest BCUT2D eigenvalue weighted by atomic mass is 9.86. The summed E-state index contributed by atoms with van der Waals surface area (Å²) in [5.41, 5.74) is 22.2. The standard InChI is InChI=1S/C63H54N2O2/c1-38-21-29-42(30-22-38)64(56-19-11-15-48-46-13-9-17-52(62(3,4)5)58(46)66-60(48)56)54-35-27-40-26-34-45-51-37-50(40)44(54)33-25-41(51)28-36-55(45)65(43-31-23-39(2)24-32-43)57-20-12-16-49-47-14-10-18-53(63(6,7)8)59(47)67-61(49)57/h9-36H,37H2,1-8H3. The Morgan fingerprint density at radius 1 is 0.373 bits per heavy atom. The minimum atomic E-state index is -0.0796. The summed E-state index contributed by atoms with van der Waals surface area (Å²) in [6.45, 7) is 17.8. The monoisotopic (exact) mass is 870 g/mol. The molecule has 67 heavy (non-hydrogen) atoms. The summed E-state index contributed by atoms with van der Waals surface area (Å²) >= 11 is 0. The zero-order valence-electron chi connectivity index (χ0n) is 39.6. The van der Waals surface area contributed by atoms with Crippen LogP contribution in [0.2, 0.25) is 0 Å². The van der Waals surface area contributed by atoms with Crippen molar-refractivity contribution in [3.8, 4) is 0 Å². The summed E-state index contributed by atoms with van der Waals surface area (Å²) < 4.78 is 14.1. The number of furan rings is 2. The quantitative estimate of drug-likeness (QED) is 0.167. The summed E-state index contributed by atoms with van der Waals surface area (Å²) in [5.74, 6) is 0. The van der Waals surface area contributed by atoms with Crippen molar-refractivity contribution in [2.24, 2.45) is 0 Å². The van der Waals surface area contributed by atoms with E-state index in [1.54, 1.807) is 0 Å². The molecular weight excluding hydrogens is 817 g/mol. The molecule has 0 radical (unpaired) electrons. The number of anilines is 6. The predicted octanol–water partition coefficient (Wildman–Crippen LogP) is 18.2. The van der Waals surface area contributed by atoms with Crippen molar-refractivity contribution in [3.05, 3.63) is 201 Å². The molecule has 0 N–H and O–H groups in total. The van der Waals surface area contributed by atoms with Crippen LogP contribution in [0.1, 0.15) is 97.2 Å². The summed E-state index contributed by atoms with van der Waals surface area (Å²) in [6.07, 6.45) is 10.1. The van der Waals surface area contributed by atoms with Gasteiger partial charge in [-0.1, -0.05) is 174 Å². The van der Waals surface area contributed by atoms with E-state index in [1.165, 1.54) is 55.6 Å². The fraction of sp³-hybridized carbons (Fsp3) is 0.175. The van der Waals surface area contributed by atoms with E-state index in [4.69, 9.17) is 8.83 Å². The Balaban J connectivity index is 1.05. The summed E-state index contributed by atoms with van der Waals surface area (Å²) in [7, 11) is 0. The largest absolute Gasteiger partial charge is 0.454 e. The molecule has 2 aliphatic rings.